The lowest BCUT2D eigenvalue weighted by Gasteiger charge is -2.19. The zero-order valence-corrected chi connectivity index (χ0v) is 14.5. The molecule has 1 saturated carbocycles. The number of halogens is 1. The van der Waals surface area contributed by atoms with Gasteiger partial charge in [0.05, 0.1) is 11.5 Å². The summed E-state index contributed by atoms with van der Waals surface area (Å²) in [4.78, 5) is 0. The average molecular weight is 374 g/mol. The topological polar surface area (TPSA) is 55.4 Å². The largest absolute Gasteiger partial charge is 0.489 e. The molecule has 0 bridgehead atoms. The molecule has 4 nitrogen and oxygen atoms in total. The number of rotatable bonds is 5. The van der Waals surface area contributed by atoms with Gasteiger partial charge in [0, 0.05) is 22.6 Å². The van der Waals surface area contributed by atoms with E-state index >= 15 is 0 Å². The van der Waals surface area contributed by atoms with Crippen molar-refractivity contribution in [1.82, 2.24) is 5.32 Å². The fraction of sp³-hybridized carbons (Fsp3) is 0.600. The molecule has 0 spiro atoms. The van der Waals surface area contributed by atoms with E-state index in [1.54, 1.807) is 0 Å². The molecular formula is C15H20BrNO3S. The Bertz CT molecular complexity index is 641. The van der Waals surface area contributed by atoms with Crippen LogP contribution in [-0.4, -0.2) is 32.1 Å². The van der Waals surface area contributed by atoms with E-state index in [0.717, 1.165) is 27.9 Å². The van der Waals surface area contributed by atoms with Crippen molar-refractivity contribution in [3.63, 3.8) is 0 Å². The lowest BCUT2D eigenvalue weighted by molar-refractivity contribution is 0.224. The minimum absolute atomic E-state index is 0.137. The van der Waals surface area contributed by atoms with E-state index in [9.17, 15) is 8.42 Å². The molecule has 1 aromatic carbocycles. The van der Waals surface area contributed by atoms with Crippen molar-refractivity contribution < 1.29 is 13.2 Å². The molecule has 1 heterocycles. The van der Waals surface area contributed by atoms with E-state index in [0.29, 0.717) is 12.5 Å². The molecule has 1 aromatic rings. The van der Waals surface area contributed by atoms with E-state index in [1.165, 1.54) is 12.8 Å². The van der Waals surface area contributed by atoms with E-state index in [2.05, 4.69) is 27.3 Å². The van der Waals surface area contributed by atoms with Crippen LogP contribution in [0.3, 0.4) is 0 Å². The van der Waals surface area contributed by atoms with Crippen LogP contribution in [-0.2, 0) is 16.4 Å². The molecule has 6 heteroatoms. The highest BCUT2D eigenvalue weighted by Gasteiger charge is 2.30. The molecule has 1 N–H and O–H groups in total. The highest BCUT2D eigenvalue weighted by molar-refractivity contribution is 9.10. The van der Waals surface area contributed by atoms with Gasteiger partial charge in [0.1, 0.15) is 11.9 Å². The fourth-order valence-corrected chi connectivity index (χ4v) is 4.87. The van der Waals surface area contributed by atoms with Crippen LogP contribution in [0.2, 0.25) is 0 Å². The van der Waals surface area contributed by atoms with Crippen LogP contribution in [0.25, 0.3) is 0 Å². The Morgan fingerprint density at radius 2 is 2.10 bits per heavy atom. The van der Waals surface area contributed by atoms with Gasteiger partial charge in [-0.3, -0.25) is 0 Å². The summed E-state index contributed by atoms with van der Waals surface area (Å²) in [5, 5.41) is 3.49. The molecule has 1 aliphatic heterocycles. The van der Waals surface area contributed by atoms with E-state index in [1.807, 2.05) is 13.0 Å². The van der Waals surface area contributed by atoms with Crippen molar-refractivity contribution >= 4 is 25.8 Å². The van der Waals surface area contributed by atoms with Gasteiger partial charge in [-0.2, -0.15) is 0 Å². The van der Waals surface area contributed by atoms with Crippen molar-refractivity contribution in [3.8, 4) is 5.75 Å². The first kappa shape index (κ1) is 15.3. The molecule has 0 amide bonds. The maximum atomic E-state index is 11.6. The van der Waals surface area contributed by atoms with Crippen LogP contribution >= 0.6 is 15.9 Å². The Hall–Kier alpha value is -0.590. The highest BCUT2D eigenvalue weighted by atomic mass is 79.9. The van der Waals surface area contributed by atoms with Gasteiger partial charge < -0.3 is 10.1 Å². The maximum Gasteiger partial charge on any atom is 0.154 e. The third-order valence-corrected chi connectivity index (χ3v) is 6.15. The quantitative estimate of drug-likeness (QED) is 0.861. The Balaban J connectivity index is 1.78. The predicted octanol–water partition coefficient (Wildman–Crippen LogP) is 2.58. The molecule has 21 heavy (non-hydrogen) atoms. The van der Waals surface area contributed by atoms with Gasteiger partial charge in [-0.1, -0.05) is 15.9 Å². The van der Waals surface area contributed by atoms with Crippen LogP contribution in [0.4, 0.5) is 0 Å². The number of ether oxygens (including phenoxy) is 1. The highest BCUT2D eigenvalue weighted by Crippen LogP contribution is 2.31. The first-order valence-corrected chi connectivity index (χ1v) is 9.94. The average Bonchev–Trinajstić information content (AvgIpc) is 3.15. The standard InChI is InChI=1S/C15H20BrNO3S/c1-10-6-12(16)7-11(8-17-13-2-3-13)15(10)20-14-4-5-21(18,19)9-14/h6-7,13-14,17H,2-5,8-9H2,1H3. The van der Waals surface area contributed by atoms with Crippen LogP contribution in [0.1, 0.15) is 30.4 Å². The van der Waals surface area contributed by atoms with Crippen LogP contribution in [0.15, 0.2) is 16.6 Å². The number of hydrogen-bond donors (Lipinski definition) is 1. The second-order valence-corrected chi connectivity index (χ2v) is 9.15. The molecule has 0 radical (unpaired) electrons. The molecule has 116 valence electrons. The van der Waals surface area contributed by atoms with E-state index < -0.39 is 9.84 Å². The lowest BCUT2D eigenvalue weighted by Crippen LogP contribution is -2.21. The first-order chi connectivity index (χ1) is 9.93. The van der Waals surface area contributed by atoms with Gasteiger partial charge in [0.2, 0.25) is 0 Å². The Kier molecular flexibility index (Phi) is 4.30. The summed E-state index contributed by atoms with van der Waals surface area (Å²) in [5.74, 6) is 1.22. The molecule has 0 aromatic heterocycles. The summed E-state index contributed by atoms with van der Waals surface area (Å²) in [6.45, 7) is 2.77. The van der Waals surface area contributed by atoms with Crippen molar-refractivity contribution in [1.29, 1.82) is 0 Å². The molecule has 1 atom stereocenters. The van der Waals surface area contributed by atoms with Gasteiger partial charge in [-0.05, 0) is 43.9 Å². The Morgan fingerprint density at radius 1 is 1.33 bits per heavy atom. The van der Waals surface area contributed by atoms with Crippen LogP contribution in [0, 0.1) is 6.92 Å². The van der Waals surface area contributed by atoms with E-state index in [-0.39, 0.29) is 17.6 Å². The summed E-state index contributed by atoms with van der Waals surface area (Å²) in [7, 11) is -2.92. The summed E-state index contributed by atoms with van der Waals surface area (Å²) in [5.41, 5.74) is 2.14. The molecule has 1 saturated heterocycles. The van der Waals surface area contributed by atoms with Crippen molar-refractivity contribution in [2.75, 3.05) is 11.5 Å². The van der Waals surface area contributed by atoms with Gasteiger partial charge in [-0.25, -0.2) is 8.42 Å². The molecular weight excluding hydrogens is 354 g/mol. The summed E-state index contributed by atoms with van der Waals surface area (Å²) >= 11 is 3.52. The normalized spacial score (nSPS) is 24.2. The zero-order chi connectivity index (χ0) is 15.0. The zero-order valence-electron chi connectivity index (χ0n) is 12.1. The third kappa shape index (κ3) is 3.99. The fourth-order valence-electron chi connectivity index (χ4n) is 2.66. The first-order valence-electron chi connectivity index (χ1n) is 7.32. The lowest BCUT2D eigenvalue weighted by atomic mass is 10.1. The summed E-state index contributed by atoms with van der Waals surface area (Å²) < 4.78 is 30.2. The molecule has 2 fully saturated rings. The van der Waals surface area contributed by atoms with Crippen LogP contribution in [0.5, 0.6) is 5.75 Å². The van der Waals surface area contributed by atoms with E-state index in [4.69, 9.17) is 4.74 Å². The molecule has 1 unspecified atom stereocenters. The minimum atomic E-state index is -2.92. The monoisotopic (exact) mass is 373 g/mol. The summed E-state index contributed by atoms with van der Waals surface area (Å²) in [6, 6.07) is 4.70. The number of benzene rings is 1. The van der Waals surface area contributed by atoms with Gasteiger partial charge >= 0.3 is 0 Å². The number of nitrogens with one attached hydrogen (secondary N) is 1. The smallest absolute Gasteiger partial charge is 0.154 e. The molecule has 3 rings (SSSR count). The van der Waals surface area contributed by atoms with Gasteiger partial charge in [-0.15, -0.1) is 0 Å². The number of sulfone groups is 1. The van der Waals surface area contributed by atoms with Crippen molar-refractivity contribution in [2.45, 2.75) is 44.9 Å². The minimum Gasteiger partial charge on any atom is -0.489 e. The van der Waals surface area contributed by atoms with Gasteiger partial charge in [0.15, 0.2) is 9.84 Å². The van der Waals surface area contributed by atoms with Crippen molar-refractivity contribution in [3.05, 3.63) is 27.7 Å². The maximum absolute atomic E-state index is 11.6. The number of aryl methyl sites for hydroxylation is 1. The summed E-state index contributed by atoms with van der Waals surface area (Å²) in [6.07, 6.45) is 2.86. The SMILES string of the molecule is Cc1cc(Br)cc(CNC2CC2)c1OC1CCS(=O)(=O)C1. The Morgan fingerprint density at radius 3 is 2.71 bits per heavy atom. The van der Waals surface area contributed by atoms with Gasteiger partial charge in [0.25, 0.3) is 0 Å². The second-order valence-electron chi connectivity index (χ2n) is 6.01. The second kappa shape index (κ2) is 5.89. The molecule has 2 aliphatic rings. The van der Waals surface area contributed by atoms with Crippen molar-refractivity contribution in [2.24, 2.45) is 0 Å². The Labute approximate surface area is 134 Å². The van der Waals surface area contributed by atoms with Crippen LogP contribution < -0.4 is 10.1 Å². The molecule has 1 aliphatic carbocycles. The third-order valence-electron chi connectivity index (χ3n) is 3.95. The number of hydrogen-bond acceptors (Lipinski definition) is 4. The predicted molar refractivity (Wildman–Crippen MR) is 86.4 cm³/mol.